The van der Waals surface area contributed by atoms with Gasteiger partial charge >= 0.3 is 30.6 Å². The summed E-state index contributed by atoms with van der Waals surface area (Å²) in [6, 6.07) is 3.67. The summed E-state index contributed by atoms with van der Waals surface area (Å²) in [6.45, 7) is 6.59. The third-order valence-corrected chi connectivity index (χ3v) is 6.86. The van der Waals surface area contributed by atoms with Gasteiger partial charge < -0.3 is 14.7 Å². The molecule has 2 aromatic heterocycles. The number of hydrogen-bond acceptors (Lipinski definition) is 8. The summed E-state index contributed by atoms with van der Waals surface area (Å²) in [5.74, 6) is -2.78. The zero-order chi connectivity index (χ0) is 36.4. The van der Waals surface area contributed by atoms with E-state index in [1.807, 2.05) is 6.92 Å². The first-order valence-electron chi connectivity index (χ1n) is 14.1. The van der Waals surface area contributed by atoms with E-state index in [-0.39, 0.29) is 24.0 Å². The van der Waals surface area contributed by atoms with Crippen LogP contribution in [-0.2, 0) is 35.5 Å². The Balaban J connectivity index is 0.000000804. The highest BCUT2D eigenvalue weighted by Gasteiger charge is 2.42. The number of benzene rings is 1. The van der Waals surface area contributed by atoms with Crippen molar-refractivity contribution < 1.29 is 58.9 Å². The molecule has 0 fully saturated rings. The molecule has 264 valence electrons. The van der Waals surface area contributed by atoms with E-state index < -0.39 is 66.5 Å². The standard InChI is InChI=1S/C26H29F6N7O2.C2HF3O2/c1-6-19-12-21(22-20(8-7-15(4)33-22)39(19)24(40)41-14(2)3)38(23-34-36-37(5)35-23)13-16-9-17(25(27,28)29)11-18(10-16)26(30,31)32;3-2(4,5)1(6)7/h7-11,14,19,21H,6,12-13H2,1-5H3;(H,6,7)/t19-,21+;/m0./s1. The second kappa shape index (κ2) is 14.2. The van der Waals surface area contributed by atoms with Crippen molar-refractivity contribution in [2.24, 2.45) is 7.05 Å². The van der Waals surface area contributed by atoms with Crippen molar-refractivity contribution in [3.05, 3.63) is 58.4 Å². The molecule has 2 atom stereocenters. The summed E-state index contributed by atoms with van der Waals surface area (Å²) in [6.07, 6.45) is -15.4. The smallest absolute Gasteiger partial charge is 0.475 e. The fraction of sp³-hybridized carbons (Fsp3) is 0.500. The number of anilines is 2. The van der Waals surface area contributed by atoms with Crippen LogP contribution in [0.25, 0.3) is 0 Å². The van der Waals surface area contributed by atoms with E-state index in [2.05, 4.69) is 20.4 Å². The number of tetrazole rings is 1. The molecule has 0 saturated carbocycles. The molecule has 0 unspecified atom stereocenters. The number of hydrogen-bond donors (Lipinski definition) is 1. The summed E-state index contributed by atoms with van der Waals surface area (Å²) >= 11 is 0. The molecule has 11 nitrogen and oxygen atoms in total. The highest BCUT2D eigenvalue weighted by Crippen LogP contribution is 2.43. The van der Waals surface area contributed by atoms with Crippen LogP contribution in [0.5, 0.6) is 0 Å². The molecule has 48 heavy (non-hydrogen) atoms. The summed E-state index contributed by atoms with van der Waals surface area (Å²) < 4.78 is 119. The molecule has 0 aliphatic carbocycles. The van der Waals surface area contributed by atoms with Crippen molar-refractivity contribution in [2.45, 2.75) is 83.8 Å². The molecule has 1 amide bonds. The zero-order valence-corrected chi connectivity index (χ0v) is 25.9. The number of carboxylic acids is 1. The molecule has 3 heterocycles. The summed E-state index contributed by atoms with van der Waals surface area (Å²) in [4.78, 5) is 30.8. The van der Waals surface area contributed by atoms with Gasteiger partial charge in [-0.2, -0.15) is 44.3 Å². The topological polar surface area (TPSA) is 127 Å². The fourth-order valence-electron chi connectivity index (χ4n) is 4.84. The lowest BCUT2D eigenvalue weighted by molar-refractivity contribution is -0.192. The molecule has 1 N–H and O–H groups in total. The summed E-state index contributed by atoms with van der Waals surface area (Å²) in [5, 5.41) is 19.2. The lowest BCUT2D eigenvalue weighted by atomic mass is 9.91. The van der Waals surface area contributed by atoms with E-state index in [4.69, 9.17) is 14.6 Å². The second-order valence-electron chi connectivity index (χ2n) is 10.9. The van der Waals surface area contributed by atoms with E-state index in [1.165, 1.54) is 16.8 Å². The molecule has 0 radical (unpaired) electrons. The van der Waals surface area contributed by atoms with Crippen molar-refractivity contribution in [1.82, 2.24) is 25.2 Å². The number of pyridine rings is 1. The van der Waals surface area contributed by atoms with Crippen LogP contribution in [0, 0.1) is 6.92 Å². The van der Waals surface area contributed by atoms with Gasteiger partial charge in [-0.3, -0.25) is 9.88 Å². The molecule has 20 heteroatoms. The van der Waals surface area contributed by atoms with Crippen LogP contribution in [0.2, 0.25) is 0 Å². The molecule has 1 aliphatic heterocycles. The van der Waals surface area contributed by atoms with Crippen LogP contribution >= 0.6 is 0 Å². The molecule has 3 aromatic rings. The number of aryl methyl sites for hydroxylation is 2. The zero-order valence-electron chi connectivity index (χ0n) is 25.9. The fourth-order valence-corrected chi connectivity index (χ4v) is 4.84. The first-order chi connectivity index (χ1) is 22.0. The van der Waals surface area contributed by atoms with Gasteiger partial charge in [0.25, 0.3) is 5.95 Å². The Morgan fingerprint density at radius 2 is 1.58 bits per heavy atom. The minimum absolute atomic E-state index is 0.0224. The SMILES string of the molecule is CC[C@H]1C[C@@H](N(Cc2cc(C(F)(F)F)cc(C(F)(F)F)c2)c2nnn(C)n2)c2nc(C)ccc2N1C(=O)OC(C)C.O=C(O)C(F)(F)F. The number of amides is 1. The van der Waals surface area contributed by atoms with E-state index in [9.17, 15) is 44.3 Å². The van der Waals surface area contributed by atoms with Gasteiger partial charge in [0.15, 0.2) is 0 Å². The molecule has 0 bridgehead atoms. The molecule has 1 aliphatic rings. The van der Waals surface area contributed by atoms with Crippen LogP contribution in [0.1, 0.15) is 67.7 Å². The average Bonchev–Trinajstić information content (AvgIpc) is 3.39. The third kappa shape index (κ3) is 9.24. The van der Waals surface area contributed by atoms with E-state index >= 15 is 0 Å². The number of carboxylic acid groups (broad SMARTS) is 1. The van der Waals surface area contributed by atoms with Gasteiger partial charge in [-0.1, -0.05) is 12.0 Å². The van der Waals surface area contributed by atoms with Gasteiger partial charge in [0.05, 0.1) is 41.7 Å². The van der Waals surface area contributed by atoms with Crippen LogP contribution < -0.4 is 9.80 Å². The van der Waals surface area contributed by atoms with Crippen LogP contribution in [0.4, 0.5) is 55.9 Å². The summed E-state index contributed by atoms with van der Waals surface area (Å²) in [5.41, 5.74) is -1.73. The Kier molecular flexibility index (Phi) is 11.2. The number of carbonyl (C=O) groups is 2. The number of nitrogens with zero attached hydrogens (tertiary/aromatic N) is 7. The van der Waals surface area contributed by atoms with Gasteiger partial charge in [-0.25, -0.2) is 9.59 Å². The highest BCUT2D eigenvalue weighted by molar-refractivity contribution is 5.90. The molecule has 0 saturated heterocycles. The minimum Gasteiger partial charge on any atom is -0.475 e. The third-order valence-electron chi connectivity index (χ3n) is 6.86. The number of aromatic nitrogens is 5. The van der Waals surface area contributed by atoms with Gasteiger partial charge in [-0.15, -0.1) is 5.10 Å². The van der Waals surface area contributed by atoms with E-state index in [1.54, 1.807) is 32.9 Å². The molecular formula is C28H30F9N7O4. The first kappa shape index (κ1) is 37.8. The van der Waals surface area contributed by atoms with Gasteiger partial charge in [-0.05, 0) is 74.7 Å². The Morgan fingerprint density at radius 3 is 2.02 bits per heavy atom. The van der Waals surface area contributed by atoms with Crippen molar-refractivity contribution in [1.29, 1.82) is 0 Å². The maximum Gasteiger partial charge on any atom is 0.490 e. The van der Waals surface area contributed by atoms with Crippen molar-refractivity contribution in [2.75, 3.05) is 9.80 Å². The van der Waals surface area contributed by atoms with Crippen LogP contribution in [-0.4, -0.2) is 60.7 Å². The first-order valence-corrected chi connectivity index (χ1v) is 14.1. The number of halogens is 9. The van der Waals surface area contributed by atoms with Crippen molar-refractivity contribution in [3.8, 4) is 0 Å². The Labute approximate surface area is 267 Å². The summed E-state index contributed by atoms with van der Waals surface area (Å²) in [7, 11) is 1.48. The highest BCUT2D eigenvalue weighted by atomic mass is 19.4. The second-order valence-corrected chi connectivity index (χ2v) is 10.9. The number of fused-ring (bicyclic) bond motifs is 1. The van der Waals surface area contributed by atoms with E-state index in [0.717, 1.165) is 4.80 Å². The molecule has 1 aromatic carbocycles. The van der Waals surface area contributed by atoms with Crippen molar-refractivity contribution >= 4 is 23.7 Å². The maximum atomic E-state index is 13.6. The average molecular weight is 700 g/mol. The predicted octanol–water partition coefficient (Wildman–Crippen LogP) is 6.87. The van der Waals surface area contributed by atoms with Crippen molar-refractivity contribution in [3.63, 3.8) is 0 Å². The molecule has 0 spiro atoms. The predicted molar refractivity (Wildman–Crippen MR) is 150 cm³/mol. The number of carbonyl (C=O) groups excluding carboxylic acids is 1. The molecule has 4 rings (SSSR count). The van der Waals surface area contributed by atoms with Gasteiger partial charge in [0.1, 0.15) is 0 Å². The van der Waals surface area contributed by atoms with Crippen LogP contribution in [0.15, 0.2) is 30.3 Å². The van der Waals surface area contributed by atoms with Gasteiger partial charge in [0, 0.05) is 18.3 Å². The number of ether oxygens (including phenoxy) is 1. The Bertz CT molecular complexity index is 1570. The molecular weight excluding hydrogens is 669 g/mol. The monoisotopic (exact) mass is 699 g/mol. The largest absolute Gasteiger partial charge is 0.490 e. The van der Waals surface area contributed by atoms with Crippen LogP contribution in [0.3, 0.4) is 0 Å². The maximum absolute atomic E-state index is 13.6. The van der Waals surface area contributed by atoms with Gasteiger partial charge in [0.2, 0.25) is 0 Å². The lowest BCUT2D eigenvalue weighted by Crippen LogP contribution is -2.48. The lowest BCUT2D eigenvalue weighted by Gasteiger charge is -2.43. The van der Waals surface area contributed by atoms with E-state index in [0.29, 0.717) is 35.6 Å². The number of aliphatic carboxylic acids is 1. The Morgan fingerprint density at radius 1 is 1.02 bits per heavy atom. The normalized spacial score (nSPS) is 16.6. The number of alkyl halides is 9. The minimum atomic E-state index is -5.08. The quantitative estimate of drug-likeness (QED) is 0.275. The Hall–Kier alpha value is -4.65. The number of rotatable bonds is 6.